The van der Waals surface area contributed by atoms with Crippen LogP contribution in [-0.2, 0) is 28.6 Å². The maximum absolute atomic E-state index is 13.2. The summed E-state index contributed by atoms with van der Waals surface area (Å²) in [5.41, 5.74) is 1.40. The first kappa shape index (κ1) is 39.1. The van der Waals surface area contributed by atoms with Crippen molar-refractivity contribution in [3.8, 4) is 23.1 Å². The molecule has 0 bridgehead atoms. The Bertz CT molecular complexity index is 1830. The molecular formula is C39H45N5O11. The number of aromatic nitrogens is 1. The molecule has 0 saturated carbocycles. The van der Waals surface area contributed by atoms with Gasteiger partial charge in [-0.1, -0.05) is 0 Å². The highest BCUT2D eigenvalue weighted by Gasteiger charge is 2.44. The third kappa shape index (κ3) is 10.1. The number of hydrogen-bond donors (Lipinski definition) is 1. The van der Waals surface area contributed by atoms with Crippen LogP contribution < -0.4 is 24.4 Å². The van der Waals surface area contributed by atoms with E-state index in [4.69, 9.17) is 28.4 Å². The Hall–Kier alpha value is -5.58. The molecule has 2 fully saturated rings. The summed E-state index contributed by atoms with van der Waals surface area (Å²) in [5.74, 6) is -0.395. The molecule has 3 aliphatic heterocycles. The number of fused-ring (bicyclic) bond motifs is 1. The van der Waals surface area contributed by atoms with Crippen LogP contribution in [-0.4, -0.2) is 129 Å². The highest BCUT2D eigenvalue weighted by molar-refractivity contribution is 6.23. The van der Waals surface area contributed by atoms with Crippen LogP contribution in [0.3, 0.4) is 0 Å². The van der Waals surface area contributed by atoms with Crippen molar-refractivity contribution < 1.29 is 52.4 Å². The molecular weight excluding hydrogens is 714 g/mol. The van der Waals surface area contributed by atoms with Crippen LogP contribution in [0, 0.1) is 0 Å². The number of benzene rings is 2. The Morgan fingerprint density at radius 1 is 0.836 bits per heavy atom. The van der Waals surface area contributed by atoms with Crippen LogP contribution in [0.25, 0.3) is 0 Å². The van der Waals surface area contributed by atoms with Gasteiger partial charge in [0.25, 0.3) is 11.8 Å². The minimum absolute atomic E-state index is 0.0835. The molecule has 292 valence electrons. The summed E-state index contributed by atoms with van der Waals surface area (Å²) in [6.45, 7) is 9.78. The summed E-state index contributed by atoms with van der Waals surface area (Å²) in [6.07, 6.45) is 1.07. The first-order valence-electron chi connectivity index (χ1n) is 18.4. The Balaban J connectivity index is 0.809. The van der Waals surface area contributed by atoms with E-state index in [0.29, 0.717) is 62.8 Å². The number of carbonyl (C=O) groups excluding carboxylic acids is 5. The van der Waals surface area contributed by atoms with Crippen molar-refractivity contribution >= 4 is 35.3 Å². The summed E-state index contributed by atoms with van der Waals surface area (Å²) in [6, 6.07) is 14.5. The molecule has 2 aromatic carbocycles. The monoisotopic (exact) mass is 759 g/mol. The molecule has 0 radical (unpaired) electrons. The predicted octanol–water partition coefficient (Wildman–Crippen LogP) is 2.84. The van der Waals surface area contributed by atoms with E-state index < -0.39 is 41.7 Å². The number of piperidine rings is 1. The third-order valence-electron chi connectivity index (χ3n) is 9.27. The van der Waals surface area contributed by atoms with Crippen molar-refractivity contribution in [2.24, 2.45) is 0 Å². The number of hydrogen-bond acceptors (Lipinski definition) is 14. The fourth-order valence-electron chi connectivity index (χ4n) is 6.35. The second-order valence-electron chi connectivity index (χ2n) is 13.0. The molecule has 3 aliphatic rings. The first-order valence-corrected chi connectivity index (χ1v) is 18.4. The molecule has 4 amide bonds. The summed E-state index contributed by atoms with van der Waals surface area (Å²) >= 11 is 0. The summed E-state index contributed by atoms with van der Waals surface area (Å²) < 4.78 is 33.4. The number of ether oxygens (including phenoxy) is 6. The van der Waals surface area contributed by atoms with Crippen LogP contribution in [0.4, 0.5) is 5.69 Å². The van der Waals surface area contributed by atoms with E-state index in [1.54, 1.807) is 68.6 Å². The van der Waals surface area contributed by atoms with Crippen LogP contribution in [0.15, 0.2) is 60.8 Å². The van der Waals surface area contributed by atoms with E-state index in [9.17, 15) is 24.0 Å². The van der Waals surface area contributed by atoms with Crippen LogP contribution >= 0.6 is 0 Å². The normalized spacial score (nSPS) is 17.8. The Morgan fingerprint density at radius 2 is 1.53 bits per heavy atom. The van der Waals surface area contributed by atoms with Gasteiger partial charge in [0.2, 0.25) is 17.7 Å². The Labute approximate surface area is 318 Å². The molecule has 4 heterocycles. The minimum Gasteiger partial charge on any atom is -0.490 e. The van der Waals surface area contributed by atoms with E-state index in [0.717, 1.165) is 43.3 Å². The van der Waals surface area contributed by atoms with E-state index in [-0.39, 0.29) is 24.0 Å². The smallest absolute Gasteiger partial charge is 0.347 e. The Morgan fingerprint density at radius 3 is 2.24 bits per heavy atom. The van der Waals surface area contributed by atoms with Gasteiger partial charge in [-0.3, -0.25) is 34.3 Å². The maximum atomic E-state index is 13.2. The van der Waals surface area contributed by atoms with Crippen LogP contribution in [0.1, 0.15) is 47.4 Å². The highest BCUT2D eigenvalue weighted by Crippen LogP contribution is 2.31. The fraction of sp³-hybridized carbons (Fsp3) is 0.436. The Kier molecular flexibility index (Phi) is 13.3. The molecule has 0 spiro atoms. The van der Waals surface area contributed by atoms with E-state index in [1.807, 2.05) is 6.07 Å². The van der Waals surface area contributed by atoms with Gasteiger partial charge in [0, 0.05) is 50.9 Å². The van der Waals surface area contributed by atoms with Crippen molar-refractivity contribution in [1.29, 1.82) is 0 Å². The van der Waals surface area contributed by atoms with Gasteiger partial charge in [0.05, 0.1) is 50.4 Å². The number of carbonyl (C=O) groups is 5. The molecule has 1 N–H and O–H groups in total. The van der Waals surface area contributed by atoms with Crippen LogP contribution in [0.2, 0.25) is 0 Å². The van der Waals surface area contributed by atoms with E-state index in [1.165, 1.54) is 0 Å². The number of nitrogens with one attached hydrogen (secondary N) is 1. The second-order valence-corrected chi connectivity index (χ2v) is 13.0. The highest BCUT2D eigenvalue weighted by atomic mass is 16.6. The third-order valence-corrected chi connectivity index (χ3v) is 9.27. The second kappa shape index (κ2) is 18.6. The number of rotatable bonds is 18. The number of piperazine rings is 1. The summed E-state index contributed by atoms with van der Waals surface area (Å²) in [5, 5.41) is 2.22. The van der Waals surface area contributed by atoms with E-state index in [2.05, 4.69) is 20.1 Å². The minimum atomic E-state index is -0.981. The van der Waals surface area contributed by atoms with Crippen molar-refractivity contribution in [3.05, 3.63) is 71.9 Å². The molecule has 16 heteroatoms. The summed E-state index contributed by atoms with van der Waals surface area (Å²) in [4.78, 5) is 71.6. The zero-order valence-corrected chi connectivity index (χ0v) is 30.9. The average Bonchev–Trinajstić information content (AvgIpc) is 3.43. The molecule has 55 heavy (non-hydrogen) atoms. The molecule has 3 aromatic rings. The van der Waals surface area contributed by atoms with E-state index >= 15 is 0 Å². The van der Waals surface area contributed by atoms with Crippen molar-refractivity contribution in [3.63, 3.8) is 0 Å². The molecule has 0 aliphatic carbocycles. The number of pyridine rings is 1. The lowest BCUT2D eigenvalue weighted by Crippen LogP contribution is -2.54. The molecule has 1 aromatic heterocycles. The molecule has 6 rings (SSSR count). The van der Waals surface area contributed by atoms with Gasteiger partial charge in [-0.05, 0) is 68.8 Å². The van der Waals surface area contributed by atoms with Gasteiger partial charge in [0.15, 0.2) is 6.10 Å². The van der Waals surface area contributed by atoms with Crippen molar-refractivity contribution in [2.45, 2.75) is 38.8 Å². The van der Waals surface area contributed by atoms with Crippen molar-refractivity contribution in [1.82, 2.24) is 20.1 Å². The van der Waals surface area contributed by atoms with Gasteiger partial charge in [-0.15, -0.1) is 0 Å². The fourth-order valence-corrected chi connectivity index (χ4v) is 6.35. The van der Waals surface area contributed by atoms with Gasteiger partial charge in [-0.2, -0.15) is 0 Å². The number of imide groups is 2. The van der Waals surface area contributed by atoms with Gasteiger partial charge in [0.1, 0.15) is 29.9 Å². The zero-order valence-electron chi connectivity index (χ0n) is 30.9. The van der Waals surface area contributed by atoms with Gasteiger partial charge in [-0.25, -0.2) is 9.78 Å². The van der Waals surface area contributed by atoms with Gasteiger partial charge >= 0.3 is 5.97 Å². The summed E-state index contributed by atoms with van der Waals surface area (Å²) in [7, 11) is 0. The lowest BCUT2D eigenvalue weighted by molar-refractivity contribution is -0.150. The number of anilines is 1. The molecule has 2 atom stereocenters. The van der Waals surface area contributed by atoms with Crippen molar-refractivity contribution in [2.75, 3.05) is 77.3 Å². The number of nitrogens with zero attached hydrogens (tertiary/aromatic N) is 4. The lowest BCUT2D eigenvalue weighted by Gasteiger charge is -2.36. The largest absolute Gasteiger partial charge is 0.490 e. The first-order chi connectivity index (χ1) is 26.7. The molecule has 16 nitrogen and oxygen atoms in total. The molecule has 2 saturated heterocycles. The predicted molar refractivity (Wildman–Crippen MR) is 196 cm³/mol. The van der Waals surface area contributed by atoms with Crippen LogP contribution in [0.5, 0.6) is 23.1 Å². The lowest BCUT2D eigenvalue weighted by atomic mass is 10.0. The molecule has 1 unspecified atom stereocenters. The number of amides is 4. The maximum Gasteiger partial charge on any atom is 0.347 e. The SMILES string of the molecule is CCOC(=O)[C@@H](C)Oc1ccc(Oc2ccc(OCCOCCOCCN3CCN(c4ccc5c(c4)C(=O)N(C4CCC(=O)NC4=O)C5=O)CC3)cn2)cc1. The average molecular weight is 760 g/mol. The quantitative estimate of drug-likeness (QED) is 0.114. The standard InChI is InChI=1S/C39H45N5O11/c1-3-52-39(49)26(2)54-28-5-7-29(8-6-28)55-35-13-9-30(25-40-35)53-23-22-51-21-20-50-19-18-42-14-16-43(17-15-42)27-4-10-31-32(24-27)38(48)44(37(31)47)33-11-12-34(45)41-36(33)46/h4-10,13,24-26,33H,3,11-12,14-23H2,1-2H3,(H,41,45,46)/t26-,33?/m1/s1. The topological polar surface area (TPSA) is 175 Å². The van der Waals surface area contributed by atoms with Gasteiger partial charge < -0.3 is 33.3 Å². The zero-order chi connectivity index (χ0) is 38.7. The number of esters is 1.